The summed E-state index contributed by atoms with van der Waals surface area (Å²) in [7, 11) is 1.42. The zero-order valence-corrected chi connectivity index (χ0v) is 14.6. The Morgan fingerprint density at radius 2 is 1.85 bits per heavy atom. The average Bonchev–Trinajstić information content (AvgIpc) is 2.61. The standard InChI is InChI=1S/C17H18N4O5/c1-4-20-14-12(15(23)21(5-2)17(20)25)13(18-16(24)19-14)9-6-7-11(26-3)10(22)8-9/h6-8,22H,4-5H2,1-3H3,(H,18,19,24)/p+1. The number of H-pyrrole nitrogens is 2. The van der Waals surface area contributed by atoms with Crippen molar-refractivity contribution in [1.82, 2.24) is 14.1 Å². The first kappa shape index (κ1) is 17.5. The highest BCUT2D eigenvalue weighted by Crippen LogP contribution is 2.31. The van der Waals surface area contributed by atoms with Gasteiger partial charge in [0.2, 0.25) is 5.65 Å². The van der Waals surface area contributed by atoms with E-state index in [-0.39, 0.29) is 41.3 Å². The third kappa shape index (κ3) is 2.57. The minimum absolute atomic E-state index is 0.133. The fourth-order valence-electron chi connectivity index (χ4n) is 3.00. The molecule has 0 saturated carbocycles. The molecule has 0 atom stereocenters. The Bertz CT molecular complexity index is 1170. The predicted molar refractivity (Wildman–Crippen MR) is 94.6 cm³/mol. The van der Waals surface area contributed by atoms with E-state index in [1.54, 1.807) is 19.9 Å². The molecule has 3 N–H and O–H groups in total. The van der Waals surface area contributed by atoms with E-state index in [4.69, 9.17) is 4.74 Å². The van der Waals surface area contributed by atoms with Crippen LogP contribution in [0.5, 0.6) is 11.5 Å². The molecule has 0 unspecified atom stereocenters. The average molecular weight is 359 g/mol. The Balaban J connectivity index is 2.51. The number of phenols is 1. The van der Waals surface area contributed by atoms with Gasteiger partial charge in [0.1, 0.15) is 5.69 Å². The predicted octanol–water partition coefficient (Wildman–Crippen LogP) is 0.0866. The number of nitrogens with one attached hydrogen (secondary N) is 2. The molecule has 136 valence electrons. The lowest BCUT2D eigenvalue weighted by molar-refractivity contribution is -0.374. The highest BCUT2D eigenvalue weighted by Gasteiger charge is 2.23. The number of nitrogens with zero attached hydrogens (tertiary/aromatic N) is 2. The Morgan fingerprint density at radius 1 is 1.15 bits per heavy atom. The minimum atomic E-state index is -0.571. The second-order valence-corrected chi connectivity index (χ2v) is 5.64. The molecule has 0 spiro atoms. The molecule has 0 fully saturated rings. The molecule has 0 amide bonds. The number of aromatic hydroxyl groups is 1. The monoisotopic (exact) mass is 359 g/mol. The van der Waals surface area contributed by atoms with E-state index in [2.05, 4.69) is 9.97 Å². The van der Waals surface area contributed by atoms with Crippen LogP contribution in [0.15, 0.2) is 32.6 Å². The van der Waals surface area contributed by atoms with E-state index < -0.39 is 16.9 Å². The molecule has 0 saturated heterocycles. The molecule has 3 aromatic rings. The van der Waals surface area contributed by atoms with Crippen molar-refractivity contribution < 1.29 is 14.8 Å². The summed E-state index contributed by atoms with van der Waals surface area (Å²) in [6.07, 6.45) is 0. The fourth-order valence-corrected chi connectivity index (χ4v) is 3.00. The van der Waals surface area contributed by atoms with Crippen LogP contribution in [0, 0.1) is 0 Å². The lowest BCUT2D eigenvalue weighted by atomic mass is 10.1. The molecule has 0 aliphatic carbocycles. The Labute approximate surface area is 147 Å². The first-order valence-electron chi connectivity index (χ1n) is 8.13. The highest BCUT2D eigenvalue weighted by atomic mass is 16.5. The normalized spacial score (nSPS) is 11.0. The molecule has 2 heterocycles. The second kappa shape index (κ2) is 6.51. The summed E-state index contributed by atoms with van der Waals surface area (Å²) in [6.45, 7) is 3.92. The van der Waals surface area contributed by atoms with Gasteiger partial charge in [0.25, 0.3) is 5.56 Å². The maximum Gasteiger partial charge on any atom is 0.439 e. The van der Waals surface area contributed by atoms with Crippen molar-refractivity contribution in [2.75, 3.05) is 7.11 Å². The lowest BCUT2D eigenvalue weighted by Gasteiger charge is -2.10. The topological polar surface area (TPSA) is 120 Å². The third-order valence-electron chi connectivity index (χ3n) is 4.25. The third-order valence-corrected chi connectivity index (χ3v) is 4.25. The maximum absolute atomic E-state index is 12.9. The molecular formula is C17H19N4O5+. The van der Waals surface area contributed by atoms with Crippen molar-refractivity contribution >= 4 is 11.0 Å². The molecule has 9 heteroatoms. The van der Waals surface area contributed by atoms with Gasteiger partial charge in [-0.1, -0.05) is 0 Å². The van der Waals surface area contributed by atoms with Crippen LogP contribution in [0.3, 0.4) is 0 Å². The number of aromatic nitrogens is 4. The van der Waals surface area contributed by atoms with Gasteiger partial charge < -0.3 is 9.84 Å². The summed E-state index contributed by atoms with van der Waals surface area (Å²) in [6, 6.07) is 4.53. The summed E-state index contributed by atoms with van der Waals surface area (Å²) < 4.78 is 7.46. The van der Waals surface area contributed by atoms with Crippen molar-refractivity contribution in [3.63, 3.8) is 0 Å². The highest BCUT2D eigenvalue weighted by molar-refractivity contribution is 5.88. The minimum Gasteiger partial charge on any atom is -0.504 e. The number of ether oxygens (including phenoxy) is 1. The zero-order chi connectivity index (χ0) is 19.0. The number of methoxy groups -OCH3 is 1. The number of hydrogen-bond donors (Lipinski definition) is 2. The Kier molecular flexibility index (Phi) is 4.37. The molecule has 0 bridgehead atoms. The fraction of sp³-hybridized carbons (Fsp3) is 0.294. The largest absolute Gasteiger partial charge is 0.504 e. The van der Waals surface area contributed by atoms with Crippen LogP contribution < -0.4 is 26.7 Å². The van der Waals surface area contributed by atoms with E-state index in [0.29, 0.717) is 5.56 Å². The van der Waals surface area contributed by atoms with Crippen LogP contribution in [0.2, 0.25) is 0 Å². The number of rotatable bonds is 4. The van der Waals surface area contributed by atoms with Crippen LogP contribution in [-0.4, -0.2) is 26.3 Å². The molecule has 9 nitrogen and oxygen atoms in total. The zero-order valence-electron chi connectivity index (χ0n) is 14.6. The Hall–Kier alpha value is -3.36. The van der Waals surface area contributed by atoms with Crippen molar-refractivity contribution in [2.24, 2.45) is 0 Å². The first-order chi connectivity index (χ1) is 12.4. The van der Waals surface area contributed by atoms with Gasteiger partial charge in [-0.2, -0.15) is 0 Å². The molecule has 26 heavy (non-hydrogen) atoms. The van der Waals surface area contributed by atoms with Gasteiger partial charge in [0.05, 0.1) is 13.7 Å². The molecule has 0 aliphatic rings. The lowest BCUT2D eigenvalue weighted by Crippen LogP contribution is -2.45. The molecule has 2 aromatic heterocycles. The number of fused-ring (bicyclic) bond motifs is 1. The summed E-state index contributed by atoms with van der Waals surface area (Å²) >= 11 is 0. The van der Waals surface area contributed by atoms with E-state index in [1.807, 2.05) is 0 Å². The molecular weight excluding hydrogens is 340 g/mol. The molecule has 0 radical (unpaired) electrons. The van der Waals surface area contributed by atoms with Gasteiger partial charge in [-0.25, -0.2) is 28.7 Å². The number of hydrogen-bond acceptors (Lipinski definition) is 5. The summed E-state index contributed by atoms with van der Waals surface area (Å²) in [4.78, 5) is 42.6. The van der Waals surface area contributed by atoms with Crippen LogP contribution in [-0.2, 0) is 13.1 Å². The van der Waals surface area contributed by atoms with Gasteiger partial charge in [-0.15, -0.1) is 0 Å². The van der Waals surface area contributed by atoms with Crippen molar-refractivity contribution in [3.8, 4) is 22.8 Å². The van der Waals surface area contributed by atoms with Crippen molar-refractivity contribution in [1.29, 1.82) is 0 Å². The summed E-state index contributed by atoms with van der Waals surface area (Å²) in [5, 5.41) is 10.2. The van der Waals surface area contributed by atoms with E-state index in [0.717, 1.165) is 4.57 Å². The number of aromatic amines is 2. The number of aryl methyl sites for hydroxylation is 1. The molecule has 1 aromatic carbocycles. The van der Waals surface area contributed by atoms with Crippen molar-refractivity contribution in [2.45, 2.75) is 26.9 Å². The van der Waals surface area contributed by atoms with E-state index >= 15 is 0 Å². The van der Waals surface area contributed by atoms with Gasteiger partial charge in [-0.3, -0.25) is 4.79 Å². The summed E-state index contributed by atoms with van der Waals surface area (Å²) in [5.41, 5.74) is -0.802. The van der Waals surface area contributed by atoms with Crippen LogP contribution in [0.1, 0.15) is 13.8 Å². The SMILES string of the molecule is CCn1c(=O)c2c(-c3ccc(OC)c(O)c3)[nH]c(=O)[nH+]c2n(CC)c1=O. The van der Waals surface area contributed by atoms with Crippen LogP contribution >= 0.6 is 0 Å². The number of phenolic OH excluding ortho intramolecular Hbond substituents is 1. The second-order valence-electron chi connectivity index (χ2n) is 5.64. The smallest absolute Gasteiger partial charge is 0.439 e. The van der Waals surface area contributed by atoms with Gasteiger partial charge in [0.15, 0.2) is 16.9 Å². The van der Waals surface area contributed by atoms with Gasteiger partial charge in [0, 0.05) is 12.1 Å². The van der Waals surface area contributed by atoms with Crippen LogP contribution in [0.25, 0.3) is 22.3 Å². The molecule has 0 aliphatic heterocycles. The Morgan fingerprint density at radius 3 is 2.42 bits per heavy atom. The van der Waals surface area contributed by atoms with E-state index in [9.17, 15) is 19.5 Å². The summed E-state index contributed by atoms with van der Waals surface area (Å²) in [5.74, 6) is 0.130. The van der Waals surface area contributed by atoms with Crippen molar-refractivity contribution in [3.05, 3.63) is 49.5 Å². The first-order valence-corrected chi connectivity index (χ1v) is 8.13. The van der Waals surface area contributed by atoms with Gasteiger partial charge >= 0.3 is 11.4 Å². The number of benzene rings is 1. The quantitative estimate of drug-likeness (QED) is 0.684. The maximum atomic E-state index is 12.9. The van der Waals surface area contributed by atoms with Gasteiger partial charge in [-0.05, 0) is 32.0 Å². The molecule has 3 rings (SSSR count). The van der Waals surface area contributed by atoms with Crippen LogP contribution in [0.4, 0.5) is 0 Å². The van der Waals surface area contributed by atoms with E-state index in [1.165, 1.54) is 23.8 Å².